The number of fused-ring (bicyclic) bond motifs is 1. The summed E-state index contributed by atoms with van der Waals surface area (Å²) in [6.07, 6.45) is 2.17. The molecule has 0 aliphatic carbocycles. The minimum Gasteiger partial charge on any atom is -0.486 e. The molecule has 2 amide bonds. The number of para-hydroxylation sites is 1. The number of hydrogen-bond acceptors (Lipinski definition) is 3. The molecule has 4 rings (SSSR count). The first kappa shape index (κ1) is 19.2. The fourth-order valence-electron chi connectivity index (χ4n) is 3.80. The molecule has 0 aromatic heterocycles. The van der Waals surface area contributed by atoms with Crippen LogP contribution in [0.1, 0.15) is 44.2 Å². The van der Waals surface area contributed by atoms with Crippen molar-refractivity contribution in [3.63, 3.8) is 0 Å². The summed E-state index contributed by atoms with van der Waals surface area (Å²) in [5.74, 6) is 1.00. The molecule has 2 aliphatic rings. The molecule has 2 aliphatic heterocycles. The van der Waals surface area contributed by atoms with E-state index < -0.39 is 6.04 Å². The third kappa shape index (κ3) is 3.77. The summed E-state index contributed by atoms with van der Waals surface area (Å²) in [5, 5.41) is 2.99. The van der Waals surface area contributed by atoms with Crippen LogP contribution in [-0.2, 0) is 9.59 Å². The molecule has 2 heterocycles. The van der Waals surface area contributed by atoms with Crippen LogP contribution in [0.4, 0.5) is 5.69 Å². The van der Waals surface area contributed by atoms with Crippen molar-refractivity contribution in [1.82, 2.24) is 4.90 Å². The lowest BCUT2D eigenvalue weighted by molar-refractivity contribution is -0.146. The Hall–Kier alpha value is -3.08. The molecular weight excluding hydrogens is 364 g/mol. The van der Waals surface area contributed by atoms with Gasteiger partial charge in [0, 0.05) is 29.8 Å². The molecular formula is C24H26N2O3. The Morgan fingerprint density at radius 2 is 1.86 bits per heavy atom. The molecule has 0 spiro atoms. The van der Waals surface area contributed by atoms with Crippen molar-refractivity contribution in [1.29, 1.82) is 0 Å². The first-order valence-corrected chi connectivity index (χ1v) is 10.1. The summed E-state index contributed by atoms with van der Waals surface area (Å²) in [7, 11) is 0. The highest BCUT2D eigenvalue weighted by molar-refractivity contribution is 6.01. The van der Waals surface area contributed by atoms with Crippen LogP contribution in [-0.4, -0.2) is 35.4 Å². The highest BCUT2D eigenvalue weighted by atomic mass is 16.5. The highest BCUT2D eigenvalue weighted by Crippen LogP contribution is 2.34. The second-order valence-electron chi connectivity index (χ2n) is 7.95. The Kier molecular flexibility index (Phi) is 5.14. The quantitative estimate of drug-likeness (QED) is 0.778. The number of benzene rings is 2. The van der Waals surface area contributed by atoms with Crippen molar-refractivity contribution >= 4 is 23.6 Å². The van der Waals surface area contributed by atoms with E-state index in [-0.39, 0.29) is 17.9 Å². The van der Waals surface area contributed by atoms with Crippen molar-refractivity contribution in [3.8, 4) is 5.75 Å². The number of nitrogens with one attached hydrogen (secondary N) is 1. The van der Waals surface area contributed by atoms with E-state index in [0.29, 0.717) is 18.9 Å². The van der Waals surface area contributed by atoms with Crippen LogP contribution in [0.3, 0.4) is 0 Å². The number of β-lactam (4-membered cyclic amide) rings is 1. The van der Waals surface area contributed by atoms with E-state index in [9.17, 15) is 9.59 Å². The molecule has 2 aromatic rings. The van der Waals surface area contributed by atoms with E-state index in [2.05, 4.69) is 19.2 Å². The fourth-order valence-corrected chi connectivity index (χ4v) is 3.80. The minimum atomic E-state index is -0.676. The van der Waals surface area contributed by atoms with Gasteiger partial charge in [-0.3, -0.25) is 9.59 Å². The standard InChI is InChI=1S/C24H26N2O3/c1-15(2)17-8-10-19(11-9-17)25-24(28)23(26-13-12-22(26)27)20-14-18-6-4-5-7-21(18)29-16(20)3/h4-11,14-16,23H,12-13H2,1-3H3,(H,25,28). The third-order valence-electron chi connectivity index (χ3n) is 5.62. The monoisotopic (exact) mass is 390 g/mol. The zero-order chi connectivity index (χ0) is 20.5. The maximum absolute atomic E-state index is 13.3. The SMILES string of the molecule is CC1Oc2ccccc2C=C1C(C(=O)Nc1ccc(C(C)C)cc1)N1CCC1=O. The number of hydrogen-bond donors (Lipinski definition) is 1. The van der Waals surface area contributed by atoms with Gasteiger partial charge in [0.1, 0.15) is 17.9 Å². The smallest absolute Gasteiger partial charge is 0.251 e. The van der Waals surface area contributed by atoms with Gasteiger partial charge in [-0.25, -0.2) is 0 Å². The van der Waals surface area contributed by atoms with Crippen LogP contribution >= 0.6 is 0 Å². The lowest BCUT2D eigenvalue weighted by Gasteiger charge is -2.40. The van der Waals surface area contributed by atoms with Gasteiger partial charge < -0.3 is 15.0 Å². The summed E-state index contributed by atoms with van der Waals surface area (Å²) in [6.45, 7) is 6.76. The van der Waals surface area contributed by atoms with Gasteiger partial charge in [-0.15, -0.1) is 0 Å². The molecule has 150 valence electrons. The zero-order valence-corrected chi connectivity index (χ0v) is 17.0. The van der Waals surface area contributed by atoms with E-state index in [1.165, 1.54) is 5.56 Å². The van der Waals surface area contributed by atoms with Gasteiger partial charge in [-0.05, 0) is 42.7 Å². The van der Waals surface area contributed by atoms with Crippen LogP contribution < -0.4 is 10.1 Å². The summed E-state index contributed by atoms with van der Waals surface area (Å²) >= 11 is 0. The summed E-state index contributed by atoms with van der Waals surface area (Å²) in [6, 6.07) is 14.9. The van der Waals surface area contributed by atoms with Crippen molar-refractivity contribution in [2.45, 2.75) is 45.3 Å². The lowest BCUT2D eigenvalue weighted by Crippen LogP contribution is -2.57. The predicted octanol–water partition coefficient (Wildman–Crippen LogP) is 4.21. The number of carbonyl (C=O) groups excluding carboxylic acids is 2. The molecule has 2 atom stereocenters. The third-order valence-corrected chi connectivity index (χ3v) is 5.62. The highest BCUT2D eigenvalue weighted by Gasteiger charge is 2.41. The second-order valence-corrected chi connectivity index (χ2v) is 7.95. The minimum absolute atomic E-state index is 0.00716. The summed E-state index contributed by atoms with van der Waals surface area (Å²) in [4.78, 5) is 27.1. The Morgan fingerprint density at radius 3 is 2.48 bits per heavy atom. The molecule has 1 fully saturated rings. The molecule has 1 N–H and O–H groups in total. The first-order chi connectivity index (χ1) is 13.9. The van der Waals surface area contributed by atoms with Gasteiger partial charge in [0.2, 0.25) is 5.91 Å². The van der Waals surface area contributed by atoms with Crippen molar-refractivity contribution in [3.05, 3.63) is 65.2 Å². The van der Waals surface area contributed by atoms with Crippen molar-refractivity contribution in [2.24, 2.45) is 0 Å². The van der Waals surface area contributed by atoms with E-state index in [1.54, 1.807) is 4.90 Å². The van der Waals surface area contributed by atoms with Gasteiger partial charge in [-0.1, -0.05) is 44.2 Å². The summed E-state index contributed by atoms with van der Waals surface area (Å²) < 4.78 is 6.04. The maximum Gasteiger partial charge on any atom is 0.251 e. The van der Waals surface area contributed by atoms with Gasteiger partial charge in [-0.2, -0.15) is 0 Å². The molecule has 2 unspecified atom stereocenters. The van der Waals surface area contributed by atoms with Crippen molar-refractivity contribution in [2.75, 3.05) is 11.9 Å². The maximum atomic E-state index is 13.3. The second kappa shape index (κ2) is 7.74. The van der Waals surface area contributed by atoms with Crippen molar-refractivity contribution < 1.29 is 14.3 Å². The molecule has 29 heavy (non-hydrogen) atoms. The number of likely N-dealkylation sites (tertiary alicyclic amines) is 1. The van der Waals surface area contributed by atoms with Crippen LogP contribution in [0.15, 0.2) is 54.1 Å². The average Bonchev–Trinajstić information content (AvgIpc) is 2.70. The van der Waals surface area contributed by atoms with Gasteiger partial charge >= 0.3 is 0 Å². The fraction of sp³-hybridized carbons (Fsp3) is 0.333. The number of anilines is 1. The van der Waals surface area contributed by atoms with Gasteiger partial charge in [0.25, 0.3) is 5.91 Å². The summed E-state index contributed by atoms with van der Waals surface area (Å²) in [5.41, 5.74) is 3.66. The Balaban J connectivity index is 1.63. The number of nitrogens with zero attached hydrogens (tertiary/aromatic N) is 1. The molecule has 5 heteroatoms. The van der Waals surface area contributed by atoms with Crippen LogP contribution in [0.25, 0.3) is 6.08 Å². The van der Waals surface area contributed by atoms with Crippen LogP contribution in [0.2, 0.25) is 0 Å². The topological polar surface area (TPSA) is 58.6 Å². The Bertz CT molecular complexity index is 962. The molecule has 5 nitrogen and oxygen atoms in total. The predicted molar refractivity (Wildman–Crippen MR) is 114 cm³/mol. The van der Waals surface area contributed by atoms with Crippen LogP contribution in [0.5, 0.6) is 5.75 Å². The lowest BCUT2D eigenvalue weighted by atomic mass is 9.92. The van der Waals surface area contributed by atoms with Gasteiger partial charge in [0.15, 0.2) is 0 Å². The number of rotatable bonds is 5. The van der Waals surface area contributed by atoms with E-state index in [0.717, 1.165) is 22.6 Å². The molecule has 1 saturated heterocycles. The molecule has 0 radical (unpaired) electrons. The molecule has 0 bridgehead atoms. The normalized spacial score (nSPS) is 19.0. The number of ether oxygens (including phenoxy) is 1. The van der Waals surface area contributed by atoms with Crippen LogP contribution in [0, 0.1) is 0 Å². The molecule has 0 saturated carbocycles. The largest absolute Gasteiger partial charge is 0.486 e. The Labute approximate surface area is 171 Å². The van der Waals surface area contributed by atoms with Gasteiger partial charge in [0.05, 0.1) is 0 Å². The van der Waals surface area contributed by atoms with E-state index in [1.807, 2.05) is 61.5 Å². The average molecular weight is 390 g/mol. The Morgan fingerprint density at radius 1 is 1.14 bits per heavy atom. The van der Waals surface area contributed by atoms with E-state index in [4.69, 9.17) is 4.74 Å². The number of amides is 2. The first-order valence-electron chi connectivity index (χ1n) is 10.1. The van der Waals surface area contributed by atoms with E-state index >= 15 is 0 Å². The zero-order valence-electron chi connectivity index (χ0n) is 17.0. The molecule has 2 aromatic carbocycles. The number of carbonyl (C=O) groups is 2.